The Morgan fingerprint density at radius 2 is 1.71 bits per heavy atom. The molecule has 1 aromatic heterocycles. The second-order valence-corrected chi connectivity index (χ2v) is 7.80. The molecule has 0 atom stereocenters. The topological polar surface area (TPSA) is 60.7 Å². The highest BCUT2D eigenvalue weighted by atomic mass is 35.5. The molecule has 0 saturated carbocycles. The average molecular weight is 456 g/mol. The van der Waals surface area contributed by atoms with Crippen molar-refractivity contribution in [3.8, 4) is 11.5 Å². The number of hydrogen-bond acceptors (Lipinski definition) is 3. The van der Waals surface area contributed by atoms with Crippen LogP contribution in [0.25, 0.3) is 10.9 Å². The van der Waals surface area contributed by atoms with Crippen LogP contribution in [-0.2, 0) is 13.2 Å². The lowest BCUT2D eigenvalue weighted by Crippen LogP contribution is -2.10. The van der Waals surface area contributed by atoms with Gasteiger partial charge in [0.05, 0.1) is 13.7 Å². The lowest BCUT2D eigenvalue weighted by atomic mass is 10.2. The molecule has 7 heteroatoms. The van der Waals surface area contributed by atoms with Gasteiger partial charge in [-0.3, -0.25) is 0 Å². The summed E-state index contributed by atoms with van der Waals surface area (Å²) in [7, 11) is 1.62. The van der Waals surface area contributed by atoms with Crippen LogP contribution < -0.4 is 9.47 Å². The second kappa shape index (κ2) is 8.92. The van der Waals surface area contributed by atoms with Crippen molar-refractivity contribution >= 4 is 40.1 Å². The van der Waals surface area contributed by atoms with Gasteiger partial charge < -0.3 is 19.1 Å². The first kappa shape index (κ1) is 21.1. The van der Waals surface area contributed by atoms with Crippen molar-refractivity contribution in [2.75, 3.05) is 7.11 Å². The maximum atomic E-state index is 11.9. The van der Waals surface area contributed by atoms with E-state index in [0.29, 0.717) is 28.0 Å². The summed E-state index contributed by atoms with van der Waals surface area (Å²) in [5.41, 5.74) is 2.54. The molecule has 0 fully saturated rings. The molecule has 1 heterocycles. The first-order chi connectivity index (χ1) is 15.0. The minimum Gasteiger partial charge on any atom is -0.497 e. The van der Waals surface area contributed by atoms with Crippen LogP contribution in [-0.4, -0.2) is 22.8 Å². The third-order valence-electron chi connectivity index (χ3n) is 5.01. The van der Waals surface area contributed by atoms with Gasteiger partial charge in [-0.25, -0.2) is 4.79 Å². The monoisotopic (exact) mass is 455 g/mol. The Morgan fingerprint density at radius 3 is 2.42 bits per heavy atom. The fraction of sp³-hybridized carbons (Fsp3) is 0.125. The first-order valence-corrected chi connectivity index (χ1v) is 10.3. The highest BCUT2D eigenvalue weighted by Gasteiger charge is 2.17. The lowest BCUT2D eigenvalue weighted by molar-refractivity contribution is 0.0686. The molecular weight excluding hydrogens is 437 g/mol. The maximum Gasteiger partial charge on any atom is 0.352 e. The van der Waals surface area contributed by atoms with Gasteiger partial charge in [-0.2, -0.15) is 0 Å². The van der Waals surface area contributed by atoms with Gasteiger partial charge in [-0.1, -0.05) is 41.4 Å². The summed E-state index contributed by atoms with van der Waals surface area (Å²) in [4.78, 5) is 11.9. The van der Waals surface area contributed by atoms with Crippen LogP contribution in [0, 0.1) is 0 Å². The summed E-state index contributed by atoms with van der Waals surface area (Å²) >= 11 is 12.6. The van der Waals surface area contributed by atoms with Gasteiger partial charge in [0, 0.05) is 26.5 Å². The lowest BCUT2D eigenvalue weighted by Gasteiger charge is -2.12. The predicted molar refractivity (Wildman–Crippen MR) is 122 cm³/mol. The van der Waals surface area contributed by atoms with E-state index in [-0.39, 0.29) is 12.2 Å². The maximum absolute atomic E-state index is 11.9. The van der Waals surface area contributed by atoms with E-state index in [1.807, 2.05) is 42.5 Å². The van der Waals surface area contributed by atoms with Crippen molar-refractivity contribution in [3.63, 3.8) is 0 Å². The molecule has 31 heavy (non-hydrogen) atoms. The van der Waals surface area contributed by atoms with Gasteiger partial charge >= 0.3 is 5.97 Å². The Labute approximate surface area is 189 Å². The molecule has 158 valence electrons. The normalized spacial score (nSPS) is 10.9. The third kappa shape index (κ3) is 4.48. The fourth-order valence-corrected chi connectivity index (χ4v) is 3.97. The highest BCUT2D eigenvalue weighted by molar-refractivity contribution is 6.36. The first-order valence-electron chi connectivity index (χ1n) is 9.51. The molecule has 0 amide bonds. The fourth-order valence-electron chi connectivity index (χ4n) is 3.46. The Hall–Kier alpha value is -3.15. The summed E-state index contributed by atoms with van der Waals surface area (Å²) in [6.45, 7) is 0.609. The van der Waals surface area contributed by atoms with Crippen molar-refractivity contribution in [3.05, 3.63) is 93.6 Å². The SMILES string of the molecule is COc1cccc(COc2ccc3c(c2)cc(C(=O)O)n3Cc2c(Cl)cccc2Cl)c1. The number of carbonyl (C=O) groups is 1. The van der Waals surface area contributed by atoms with Crippen LogP contribution in [0.5, 0.6) is 11.5 Å². The number of fused-ring (bicyclic) bond motifs is 1. The summed E-state index contributed by atoms with van der Waals surface area (Å²) in [6, 6.07) is 20.0. The zero-order valence-corrected chi connectivity index (χ0v) is 18.2. The molecule has 4 aromatic rings. The van der Waals surface area contributed by atoms with E-state index in [9.17, 15) is 9.90 Å². The largest absolute Gasteiger partial charge is 0.497 e. The summed E-state index contributed by atoms with van der Waals surface area (Å²) in [5, 5.41) is 11.5. The summed E-state index contributed by atoms with van der Waals surface area (Å²) < 4.78 is 12.8. The zero-order valence-electron chi connectivity index (χ0n) is 16.6. The number of hydrogen-bond donors (Lipinski definition) is 1. The minimum absolute atomic E-state index is 0.149. The number of carboxylic acid groups (broad SMARTS) is 1. The summed E-state index contributed by atoms with van der Waals surface area (Å²) in [5.74, 6) is 0.372. The molecule has 3 aromatic carbocycles. The van der Waals surface area contributed by atoms with Gasteiger partial charge in [0.15, 0.2) is 0 Å². The van der Waals surface area contributed by atoms with Crippen molar-refractivity contribution in [2.24, 2.45) is 0 Å². The molecule has 0 aliphatic carbocycles. The standard InChI is InChI=1S/C24H19Cl2NO4/c1-30-17-5-2-4-15(10-17)14-31-18-8-9-22-16(11-18)12-23(24(28)29)27(22)13-19-20(25)6-3-7-21(19)26/h2-12H,13-14H2,1H3,(H,28,29). The van der Waals surface area contributed by atoms with Crippen LogP contribution in [0.2, 0.25) is 10.0 Å². The van der Waals surface area contributed by atoms with E-state index >= 15 is 0 Å². The quantitative estimate of drug-likeness (QED) is 0.356. The van der Waals surface area contributed by atoms with Crippen LogP contribution in [0.3, 0.4) is 0 Å². The predicted octanol–water partition coefficient (Wildman–Crippen LogP) is 6.28. The molecule has 0 aliphatic heterocycles. The van der Waals surface area contributed by atoms with E-state index in [1.54, 1.807) is 35.9 Å². The van der Waals surface area contributed by atoms with Gasteiger partial charge in [0.2, 0.25) is 0 Å². The number of nitrogens with zero attached hydrogens (tertiary/aromatic N) is 1. The Morgan fingerprint density at radius 1 is 0.968 bits per heavy atom. The Bertz CT molecular complexity index is 1250. The molecular formula is C24H19Cl2NO4. The Kier molecular flexibility index (Phi) is 6.07. The molecule has 0 spiro atoms. The number of carboxylic acids is 1. The van der Waals surface area contributed by atoms with Crippen molar-refractivity contribution in [2.45, 2.75) is 13.2 Å². The molecule has 5 nitrogen and oxygen atoms in total. The van der Waals surface area contributed by atoms with Crippen molar-refractivity contribution < 1.29 is 19.4 Å². The van der Waals surface area contributed by atoms with E-state index in [0.717, 1.165) is 22.2 Å². The molecule has 0 aliphatic rings. The molecule has 0 bridgehead atoms. The number of benzene rings is 3. The van der Waals surface area contributed by atoms with E-state index in [4.69, 9.17) is 32.7 Å². The van der Waals surface area contributed by atoms with Gasteiger partial charge in [-0.05, 0) is 54.1 Å². The molecule has 0 unspecified atom stereocenters. The number of aromatic carboxylic acids is 1. The average Bonchev–Trinajstić information content (AvgIpc) is 3.13. The smallest absolute Gasteiger partial charge is 0.352 e. The highest BCUT2D eigenvalue weighted by Crippen LogP contribution is 2.30. The van der Waals surface area contributed by atoms with Gasteiger partial charge in [-0.15, -0.1) is 0 Å². The third-order valence-corrected chi connectivity index (χ3v) is 5.72. The van der Waals surface area contributed by atoms with Crippen LogP contribution in [0.1, 0.15) is 21.6 Å². The van der Waals surface area contributed by atoms with Crippen LogP contribution >= 0.6 is 23.2 Å². The number of rotatable bonds is 7. The number of halogens is 2. The molecule has 4 rings (SSSR count). The molecule has 0 saturated heterocycles. The second-order valence-electron chi connectivity index (χ2n) is 6.98. The number of ether oxygens (including phenoxy) is 2. The van der Waals surface area contributed by atoms with E-state index < -0.39 is 5.97 Å². The van der Waals surface area contributed by atoms with Gasteiger partial charge in [0.25, 0.3) is 0 Å². The van der Waals surface area contributed by atoms with Crippen molar-refractivity contribution in [1.29, 1.82) is 0 Å². The van der Waals surface area contributed by atoms with Crippen LogP contribution in [0.4, 0.5) is 0 Å². The van der Waals surface area contributed by atoms with Crippen molar-refractivity contribution in [1.82, 2.24) is 4.57 Å². The molecule has 0 radical (unpaired) electrons. The molecule has 1 N–H and O–H groups in total. The van der Waals surface area contributed by atoms with E-state index in [1.165, 1.54) is 0 Å². The minimum atomic E-state index is -1.03. The Balaban J connectivity index is 1.65. The van der Waals surface area contributed by atoms with Gasteiger partial charge in [0.1, 0.15) is 23.8 Å². The summed E-state index contributed by atoms with van der Waals surface area (Å²) in [6.07, 6.45) is 0. The number of aromatic nitrogens is 1. The zero-order chi connectivity index (χ0) is 22.0. The van der Waals surface area contributed by atoms with E-state index in [2.05, 4.69) is 0 Å². The number of methoxy groups -OCH3 is 1. The van der Waals surface area contributed by atoms with Crippen LogP contribution in [0.15, 0.2) is 66.7 Å².